The first-order valence-corrected chi connectivity index (χ1v) is 7.87. The van der Waals surface area contributed by atoms with Gasteiger partial charge in [0.2, 0.25) is 0 Å². The van der Waals surface area contributed by atoms with Crippen molar-refractivity contribution in [1.29, 1.82) is 0 Å². The molecule has 21 heavy (non-hydrogen) atoms. The number of aromatic nitrogens is 3. The number of halogens is 1. The van der Waals surface area contributed by atoms with Gasteiger partial charge in [-0.2, -0.15) is 5.10 Å². The highest BCUT2D eigenvalue weighted by atomic mass is 35.5. The number of benzene rings is 2. The first kappa shape index (κ1) is 14.2. The zero-order valence-corrected chi connectivity index (χ0v) is 12.8. The Bertz CT molecular complexity index is 669. The lowest BCUT2D eigenvalue weighted by Crippen LogP contribution is -2.09. The summed E-state index contributed by atoms with van der Waals surface area (Å²) in [5.41, 5.74) is 1.23. The molecular weight excluding hydrogens is 302 g/mol. The van der Waals surface area contributed by atoms with Crippen LogP contribution in [0.5, 0.6) is 0 Å². The van der Waals surface area contributed by atoms with E-state index in [1.165, 1.54) is 10.5 Å². The van der Waals surface area contributed by atoms with E-state index < -0.39 is 0 Å². The van der Waals surface area contributed by atoms with Gasteiger partial charge in [-0.05, 0) is 29.8 Å². The van der Waals surface area contributed by atoms with E-state index in [1.54, 1.807) is 24.4 Å². The number of rotatable bonds is 5. The van der Waals surface area contributed by atoms with Crippen molar-refractivity contribution >= 4 is 23.4 Å². The van der Waals surface area contributed by atoms with E-state index in [2.05, 4.69) is 34.3 Å². The molecule has 1 heterocycles. The van der Waals surface area contributed by atoms with Crippen molar-refractivity contribution in [2.45, 2.75) is 16.7 Å². The van der Waals surface area contributed by atoms with Crippen LogP contribution in [0, 0.1) is 0 Å². The maximum absolute atomic E-state index is 5.94. The normalized spacial score (nSPS) is 12.2. The third kappa shape index (κ3) is 3.86. The van der Waals surface area contributed by atoms with Crippen LogP contribution in [0.25, 0.3) is 0 Å². The molecule has 3 rings (SSSR count). The lowest BCUT2D eigenvalue weighted by molar-refractivity contribution is 0.595. The first-order chi connectivity index (χ1) is 10.3. The average Bonchev–Trinajstić information content (AvgIpc) is 3.04. The van der Waals surface area contributed by atoms with E-state index in [9.17, 15) is 0 Å². The smallest absolute Gasteiger partial charge is 0.137 e. The van der Waals surface area contributed by atoms with Crippen molar-refractivity contribution in [3.63, 3.8) is 0 Å². The fraction of sp³-hybridized carbons (Fsp3) is 0.125. The molecule has 0 N–H and O–H groups in total. The van der Waals surface area contributed by atoms with Gasteiger partial charge in [-0.15, -0.1) is 0 Å². The van der Waals surface area contributed by atoms with Crippen molar-refractivity contribution in [1.82, 2.24) is 14.8 Å². The second-order valence-corrected chi connectivity index (χ2v) is 6.28. The van der Waals surface area contributed by atoms with Crippen LogP contribution in [0.2, 0.25) is 5.02 Å². The molecule has 0 bridgehead atoms. The minimum atomic E-state index is 0.163. The molecule has 0 saturated heterocycles. The van der Waals surface area contributed by atoms with E-state index in [0.29, 0.717) is 0 Å². The highest BCUT2D eigenvalue weighted by Crippen LogP contribution is 2.33. The largest absolute Gasteiger partial charge is 0.239 e. The molecule has 0 fully saturated rings. The van der Waals surface area contributed by atoms with Crippen molar-refractivity contribution in [3.8, 4) is 0 Å². The van der Waals surface area contributed by atoms with Gasteiger partial charge in [-0.1, -0.05) is 53.7 Å². The Balaban J connectivity index is 1.81. The van der Waals surface area contributed by atoms with E-state index in [-0.39, 0.29) is 5.37 Å². The molecule has 3 aromatic rings. The summed E-state index contributed by atoms with van der Waals surface area (Å²) >= 11 is 7.72. The quantitative estimate of drug-likeness (QED) is 0.651. The average molecular weight is 316 g/mol. The van der Waals surface area contributed by atoms with E-state index >= 15 is 0 Å². The van der Waals surface area contributed by atoms with Gasteiger partial charge < -0.3 is 0 Å². The van der Waals surface area contributed by atoms with Gasteiger partial charge >= 0.3 is 0 Å². The minimum Gasteiger partial charge on any atom is -0.239 e. The van der Waals surface area contributed by atoms with E-state index in [4.69, 9.17) is 11.6 Å². The molecular formula is C16H14ClN3S. The number of hydrogen-bond donors (Lipinski definition) is 0. The Hall–Kier alpha value is -1.78. The Morgan fingerprint density at radius 2 is 1.81 bits per heavy atom. The van der Waals surface area contributed by atoms with Crippen LogP contribution >= 0.6 is 23.4 Å². The zero-order valence-electron chi connectivity index (χ0n) is 11.3. The third-order valence-electron chi connectivity index (χ3n) is 3.07. The van der Waals surface area contributed by atoms with E-state index in [1.807, 2.05) is 35.0 Å². The minimum absolute atomic E-state index is 0.163. The second kappa shape index (κ2) is 6.78. The second-order valence-electron chi connectivity index (χ2n) is 4.59. The van der Waals surface area contributed by atoms with Gasteiger partial charge in [0.25, 0.3) is 0 Å². The van der Waals surface area contributed by atoms with Crippen LogP contribution in [0.3, 0.4) is 0 Å². The highest BCUT2D eigenvalue weighted by Gasteiger charge is 2.14. The van der Waals surface area contributed by atoms with Gasteiger partial charge in [0.15, 0.2) is 0 Å². The highest BCUT2D eigenvalue weighted by molar-refractivity contribution is 7.99. The number of nitrogens with zero attached hydrogens (tertiary/aromatic N) is 3. The van der Waals surface area contributed by atoms with Crippen LogP contribution in [0.15, 0.2) is 72.1 Å². The summed E-state index contributed by atoms with van der Waals surface area (Å²) in [5, 5.41) is 5.20. The molecule has 5 heteroatoms. The van der Waals surface area contributed by atoms with Crippen molar-refractivity contribution in [2.75, 3.05) is 0 Å². The predicted octanol–water partition coefficient (Wildman–Crippen LogP) is 4.47. The molecule has 0 radical (unpaired) electrons. The molecule has 0 spiro atoms. The summed E-state index contributed by atoms with van der Waals surface area (Å²) in [6.07, 6.45) is 4.19. The molecule has 0 aliphatic rings. The molecule has 0 saturated carbocycles. The van der Waals surface area contributed by atoms with Crippen LogP contribution in [-0.4, -0.2) is 14.8 Å². The Morgan fingerprint density at radius 1 is 1.05 bits per heavy atom. The molecule has 106 valence electrons. The SMILES string of the molecule is Clc1ccc(CC(Sc2ccccc2)n2cncn2)cc1. The first-order valence-electron chi connectivity index (χ1n) is 6.61. The van der Waals surface area contributed by atoms with Gasteiger partial charge in [-0.25, -0.2) is 9.67 Å². The maximum atomic E-state index is 5.94. The van der Waals surface area contributed by atoms with Crippen molar-refractivity contribution in [2.24, 2.45) is 0 Å². The van der Waals surface area contributed by atoms with Crippen LogP contribution in [-0.2, 0) is 6.42 Å². The molecule has 3 nitrogen and oxygen atoms in total. The van der Waals surface area contributed by atoms with Gasteiger partial charge in [0, 0.05) is 16.3 Å². The fourth-order valence-corrected chi connectivity index (χ4v) is 3.28. The monoisotopic (exact) mass is 315 g/mol. The van der Waals surface area contributed by atoms with Gasteiger partial charge in [0.1, 0.15) is 18.0 Å². The molecule has 0 aliphatic heterocycles. The molecule has 0 amide bonds. The summed E-state index contributed by atoms with van der Waals surface area (Å²) < 4.78 is 1.90. The summed E-state index contributed by atoms with van der Waals surface area (Å²) in [6.45, 7) is 0. The van der Waals surface area contributed by atoms with Crippen LogP contribution < -0.4 is 0 Å². The Labute approximate surface area is 133 Å². The summed E-state index contributed by atoms with van der Waals surface area (Å²) in [5.74, 6) is 0. The lowest BCUT2D eigenvalue weighted by Gasteiger charge is -2.17. The van der Waals surface area contributed by atoms with Crippen LogP contribution in [0.4, 0.5) is 0 Å². The summed E-state index contributed by atoms with van der Waals surface area (Å²) in [6, 6.07) is 18.3. The fourth-order valence-electron chi connectivity index (χ4n) is 2.03. The standard InChI is InChI=1S/C16H14ClN3S/c17-14-8-6-13(7-9-14)10-16(20-12-18-11-19-20)21-15-4-2-1-3-5-15/h1-9,11-12,16H,10H2. The maximum Gasteiger partial charge on any atom is 0.137 e. The molecule has 0 aliphatic carbocycles. The van der Waals surface area contributed by atoms with Gasteiger partial charge in [0.05, 0.1) is 0 Å². The number of thioether (sulfide) groups is 1. The Kier molecular flexibility index (Phi) is 4.58. The van der Waals surface area contributed by atoms with Gasteiger partial charge in [-0.3, -0.25) is 0 Å². The summed E-state index contributed by atoms with van der Waals surface area (Å²) in [4.78, 5) is 5.27. The number of hydrogen-bond acceptors (Lipinski definition) is 3. The van der Waals surface area contributed by atoms with Crippen LogP contribution in [0.1, 0.15) is 10.9 Å². The van der Waals surface area contributed by atoms with Crippen molar-refractivity contribution < 1.29 is 0 Å². The predicted molar refractivity (Wildman–Crippen MR) is 86.5 cm³/mol. The van der Waals surface area contributed by atoms with Crippen molar-refractivity contribution in [3.05, 3.63) is 77.8 Å². The molecule has 1 unspecified atom stereocenters. The molecule has 1 aromatic heterocycles. The van der Waals surface area contributed by atoms with E-state index in [0.717, 1.165) is 11.4 Å². The third-order valence-corrected chi connectivity index (χ3v) is 4.52. The lowest BCUT2D eigenvalue weighted by atomic mass is 10.1. The zero-order chi connectivity index (χ0) is 14.5. The summed E-state index contributed by atoms with van der Waals surface area (Å²) in [7, 11) is 0. The molecule has 2 aromatic carbocycles. The Morgan fingerprint density at radius 3 is 2.48 bits per heavy atom. The molecule has 1 atom stereocenters. The topological polar surface area (TPSA) is 30.7 Å².